The summed E-state index contributed by atoms with van der Waals surface area (Å²) in [6.45, 7) is 1.64. The minimum absolute atomic E-state index is 0.339. The second kappa shape index (κ2) is 7.88. The zero-order chi connectivity index (χ0) is 19.3. The van der Waals surface area contributed by atoms with Gasteiger partial charge in [-0.1, -0.05) is 35.5 Å². The molecule has 0 atom stereocenters. The number of amides is 1. The van der Waals surface area contributed by atoms with E-state index in [0.29, 0.717) is 22.7 Å². The van der Waals surface area contributed by atoms with E-state index < -0.39 is 10.0 Å². The predicted molar refractivity (Wildman–Crippen MR) is 104 cm³/mol. The first-order chi connectivity index (χ1) is 12.9. The predicted octanol–water partition coefficient (Wildman–Crippen LogP) is 3.65. The van der Waals surface area contributed by atoms with E-state index in [1.165, 1.54) is 12.3 Å². The first-order valence-corrected chi connectivity index (χ1v) is 9.56. The molecule has 27 heavy (non-hydrogen) atoms. The van der Waals surface area contributed by atoms with Gasteiger partial charge < -0.3 is 9.84 Å². The summed E-state index contributed by atoms with van der Waals surface area (Å²) in [5, 5.41) is 7.35. The zero-order valence-electron chi connectivity index (χ0n) is 14.4. The second-order valence-electron chi connectivity index (χ2n) is 5.69. The lowest BCUT2D eigenvalue weighted by atomic mass is 10.2. The Kier molecular flexibility index (Phi) is 5.37. The number of aromatic nitrogens is 1. The van der Waals surface area contributed by atoms with E-state index in [0.717, 1.165) is 11.0 Å². The van der Waals surface area contributed by atoms with Crippen LogP contribution in [0.2, 0.25) is 0 Å². The Morgan fingerprint density at radius 2 is 1.70 bits per heavy atom. The first-order valence-electron chi connectivity index (χ1n) is 8.01. The summed E-state index contributed by atoms with van der Waals surface area (Å²) in [6, 6.07) is 15.4. The van der Waals surface area contributed by atoms with Crippen LogP contribution in [0.3, 0.4) is 0 Å². The number of benzene rings is 2. The van der Waals surface area contributed by atoms with E-state index in [1.807, 2.05) is 18.2 Å². The van der Waals surface area contributed by atoms with Gasteiger partial charge in [0, 0.05) is 11.4 Å². The molecule has 0 aliphatic heterocycles. The van der Waals surface area contributed by atoms with Crippen molar-refractivity contribution in [2.24, 2.45) is 0 Å². The van der Waals surface area contributed by atoms with Gasteiger partial charge in [-0.25, -0.2) is 8.42 Å². The molecule has 3 aromatic rings. The van der Waals surface area contributed by atoms with Crippen LogP contribution in [0.4, 0.5) is 11.4 Å². The smallest absolute Gasteiger partial charge is 0.260 e. The lowest BCUT2D eigenvalue weighted by Crippen LogP contribution is -2.12. The summed E-state index contributed by atoms with van der Waals surface area (Å²) in [7, 11) is -3.65. The van der Waals surface area contributed by atoms with Gasteiger partial charge in [0.25, 0.3) is 15.9 Å². The highest BCUT2D eigenvalue weighted by Gasteiger charge is 2.13. The van der Waals surface area contributed by atoms with Crippen LogP contribution in [-0.2, 0) is 10.0 Å². The van der Waals surface area contributed by atoms with Crippen molar-refractivity contribution in [2.75, 3.05) is 10.0 Å². The number of carbonyl (C=O) groups excluding carboxylic acids is 1. The van der Waals surface area contributed by atoms with Crippen molar-refractivity contribution < 1.29 is 17.7 Å². The quantitative estimate of drug-likeness (QED) is 0.677. The second-order valence-corrected chi connectivity index (χ2v) is 7.25. The fourth-order valence-corrected chi connectivity index (χ4v) is 3.14. The molecule has 1 amide bonds. The minimum Gasteiger partial charge on any atom is -0.361 e. The van der Waals surface area contributed by atoms with Gasteiger partial charge in [-0.2, -0.15) is 0 Å². The number of hydrogen-bond acceptors (Lipinski definition) is 5. The average Bonchev–Trinajstić information content (AvgIpc) is 3.08. The van der Waals surface area contributed by atoms with E-state index in [-0.39, 0.29) is 5.91 Å². The van der Waals surface area contributed by atoms with Crippen LogP contribution in [-0.4, -0.2) is 19.5 Å². The maximum Gasteiger partial charge on any atom is 0.260 e. The minimum atomic E-state index is -3.65. The number of nitrogens with zero attached hydrogens (tertiary/aromatic N) is 1. The van der Waals surface area contributed by atoms with Gasteiger partial charge in [-0.05, 0) is 42.8 Å². The summed E-state index contributed by atoms with van der Waals surface area (Å²) in [4.78, 5) is 12.1. The Balaban J connectivity index is 1.64. The molecule has 138 valence electrons. The third kappa shape index (κ3) is 5.05. The lowest BCUT2D eigenvalue weighted by molar-refractivity contribution is 0.102. The molecular weight excluding hydrogens is 366 g/mol. The maximum atomic E-state index is 12.1. The first kappa shape index (κ1) is 18.4. The van der Waals surface area contributed by atoms with Crippen molar-refractivity contribution in [3.63, 3.8) is 0 Å². The van der Waals surface area contributed by atoms with Gasteiger partial charge >= 0.3 is 0 Å². The van der Waals surface area contributed by atoms with Crippen LogP contribution in [0.5, 0.6) is 0 Å². The Labute approximate surface area is 156 Å². The molecule has 3 rings (SSSR count). The summed E-state index contributed by atoms with van der Waals surface area (Å²) < 4.78 is 31.6. The molecular formula is C19H17N3O4S. The molecule has 2 N–H and O–H groups in total. The van der Waals surface area contributed by atoms with Gasteiger partial charge in [0.15, 0.2) is 0 Å². The fraction of sp³-hybridized carbons (Fsp3) is 0.0526. The van der Waals surface area contributed by atoms with Crippen molar-refractivity contribution in [2.45, 2.75) is 6.92 Å². The molecule has 7 nitrogen and oxygen atoms in total. The molecule has 0 bridgehead atoms. The van der Waals surface area contributed by atoms with E-state index in [4.69, 9.17) is 4.52 Å². The van der Waals surface area contributed by atoms with Crippen LogP contribution in [0.15, 0.2) is 70.7 Å². The van der Waals surface area contributed by atoms with Gasteiger partial charge in [0.1, 0.15) is 11.3 Å². The number of anilines is 2. The standard InChI is InChI=1S/C19H17N3O4S/c1-14-18(13-20-26-14)19(23)21-16-7-9-17(10-8-16)22-27(24,25)12-11-15-5-3-2-4-6-15/h2-13,22H,1H3,(H,21,23)/b12-11+. The van der Waals surface area contributed by atoms with Crippen LogP contribution in [0.1, 0.15) is 21.7 Å². The van der Waals surface area contributed by atoms with E-state index >= 15 is 0 Å². The Morgan fingerprint density at radius 3 is 2.33 bits per heavy atom. The molecule has 0 aliphatic carbocycles. The molecule has 0 unspecified atom stereocenters. The average molecular weight is 383 g/mol. The largest absolute Gasteiger partial charge is 0.361 e. The van der Waals surface area contributed by atoms with Gasteiger partial charge in [0.05, 0.1) is 11.6 Å². The fourth-order valence-electron chi connectivity index (χ4n) is 2.27. The topological polar surface area (TPSA) is 101 Å². The number of sulfonamides is 1. The number of hydrogen-bond donors (Lipinski definition) is 2. The normalized spacial score (nSPS) is 11.4. The van der Waals surface area contributed by atoms with E-state index in [1.54, 1.807) is 43.3 Å². The lowest BCUT2D eigenvalue weighted by Gasteiger charge is -2.07. The third-order valence-corrected chi connectivity index (χ3v) is 4.65. The zero-order valence-corrected chi connectivity index (χ0v) is 15.2. The highest BCUT2D eigenvalue weighted by molar-refractivity contribution is 7.95. The van der Waals surface area contributed by atoms with Gasteiger partial charge in [-0.3, -0.25) is 9.52 Å². The molecule has 0 saturated heterocycles. The Hall–Kier alpha value is -3.39. The van der Waals surface area contributed by atoms with Crippen molar-refractivity contribution in [1.82, 2.24) is 5.16 Å². The molecule has 1 heterocycles. The number of carbonyl (C=O) groups is 1. The molecule has 0 radical (unpaired) electrons. The Morgan fingerprint density at radius 1 is 1.04 bits per heavy atom. The van der Waals surface area contributed by atoms with Crippen molar-refractivity contribution in [1.29, 1.82) is 0 Å². The van der Waals surface area contributed by atoms with E-state index in [9.17, 15) is 13.2 Å². The summed E-state index contributed by atoms with van der Waals surface area (Å²) in [5.41, 5.74) is 2.02. The van der Waals surface area contributed by atoms with Crippen LogP contribution in [0.25, 0.3) is 6.08 Å². The molecule has 0 aliphatic rings. The highest BCUT2D eigenvalue weighted by atomic mass is 32.2. The number of nitrogens with one attached hydrogen (secondary N) is 2. The van der Waals surface area contributed by atoms with Crippen LogP contribution in [0, 0.1) is 6.92 Å². The molecule has 8 heteroatoms. The Bertz CT molecular complexity index is 1060. The van der Waals surface area contributed by atoms with Crippen LogP contribution >= 0.6 is 0 Å². The molecule has 1 aromatic heterocycles. The number of rotatable bonds is 6. The molecule has 0 spiro atoms. The summed E-state index contributed by atoms with van der Waals surface area (Å²) in [6.07, 6.45) is 2.85. The van der Waals surface area contributed by atoms with Crippen LogP contribution < -0.4 is 10.0 Å². The molecule has 2 aromatic carbocycles. The molecule has 0 saturated carbocycles. The van der Waals surface area contributed by atoms with Crippen molar-refractivity contribution in [3.8, 4) is 0 Å². The van der Waals surface area contributed by atoms with E-state index in [2.05, 4.69) is 15.2 Å². The van der Waals surface area contributed by atoms with Gasteiger partial charge in [-0.15, -0.1) is 0 Å². The van der Waals surface area contributed by atoms with Gasteiger partial charge in [0.2, 0.25) is 0 Å². The third-order valence-electron chi connectivity index (χ3n) is 3.64. The number of aryl methyl sites for hydroxylation is 1. The van der Waals surface area contributed by atoms with Crippen molar-refractivity contribution >= 4 is 33.4 Å². The maximum absolute atomic E-state index is 12.1. The SMILES string of the molecule is Cc1oncc1C(=O)Nc1ccc(NS(=O)(=O)/C=C/c2ccccc2)cc1. The summed E-state index contributed by atoms with van der Waals surface area (Å²) >= 11 is 0. The van der Waals surface area contributed by atoms with Crippen molar-refractivity contribution in [3.05, 3.63) is 83.1 Å². The highest BCUT2D eigenvalue weighted by Crippen LogP contribution is 2.17. The molecule has 0 fully saturated rings. The monoisotopic (exact) mass is 383 g/mol. The summed E-state index contributed by atoms with van der Waals surface area (Å²) in [5.74, 6) is 0.0648.